The number of rotatable bonds is 2. The molecule has 2 aromatic rings. The van der Waals surface area contributed by atoms with Gasteiger partial charge in [0, 0.05) is 0 Å². The number of hydrogen-bond acceptors (Lipinski definition) is 4. The number of fused-ring (bicyclic) bond motifs is 1. The maximum absolute atomic E-state index is 12.1. The predicted octanol–water partition coefficient (Wildman–Crippen LogP) is 0.705. The van der Waals surface area contributed by atoms with Gasteiger partial charge in [-0.1, -0.05) is 0 Å². The summed E-state index contributed by atoms with van der Waals surface area (Å²) in [6.07, 6.45) is 0. The van der Waals surface area contributed by atoms with Crippen molar-refractivity contribution < 1.29 is 9.90 Å². The summed E-state index contributed by atoms with van der Waals surface area (Å²) in [7, 11) is 0. The Morgan fingerprint density at radius 2 is 2.18 bits per heavy atom. The van der Waals surface area contributed by atoms with E-state index in [1.807, 2.05) is 0 Å². The summed E-state index contributed by atoms with van der Waals surface area (Å²) >= 11 is 1.25. The van der Waals surface area contributed by atoms with Crippen molar-refractivity contribution in [3.05, 3.63) is 31.8 Å². The molecule has 1 atom stereocenters. The van der Waals surface area contributed by atoms with Crippen LogP contribution >= 0.6 is 11.3 Å². The number of carboxylic acid groups (broad SMARTS) is 1. The molecular weight excluding hydrogens is 244 g/mol. The lowest BCUT2D eigenvalue weighted by atomic mass is 10.2. The van der Waals surface area contributed by atoms with Crippen molar-refractivity contribution in [3.8, 4) is 0 Å². The minimum absolute atomic E-state index is 0.378. The van der Waals surface area contributed by atoms with Crippen LogP contribution in [0.25, 0.3) is 10.2 Å². The number of nitrogens with zero attached hydrogens (tertiary/aromatic N) is 1. The van der Waals surface area contributed by atoms with Crippen LogP contribution in [-0.4, -0.2) is 20.6 Å². The van der Waals surface area contributed by atoms with Crippen molar-refractivity contribution in [2.45, 2.75) is 19.9 Å². The van der Waals surface area contributed by atoms with Gasteiger partial charge in [0.1, 0.15) is 10.9 Å². The van der Waals surface area contributed by atoms with Gasteiger partial charge in [0.05, 0.1) is 5.39 Å². The van der Waals surface area contributed by atoms with Gasteiger partial charge >= 0.3 is 11.7 Å². The molecular formula is C10H10N2O4S. The molecule has 0 aliphatic heterocycles. The van der Waals surface area contributed by atoms with Crippen LogP contribution in [0.3, 0.4) is 0 Å². The maximum atomic E-state index is 12.1. The Balaban J connectivity index is 2.89. The number of hydrogen-bond donors (Lipinski definition) is 2. The lowest BCUT2D eigenvalue weighted by molar-refractivity contribution is -0.140. The van der Waals surface area contributed by atoms with Crippen molar-refractivity contribution in [1.82, 2.24) is 9.55 Å². The molecule has 2 aromatic heterocycles. The van der Waals surface area contributed by atoms with Crippen molar-refractivity contribution >= 4 is 27.5 Å². The third kappa shape index (κ3) is 1.68. The number of aromatic nitrogens is 2. The number of carbonyl (C=O) groups is 1. The monoisotopic (exact) mass is 254 g/mol. The van der Waals surface area contributed by atoms with Crippen molar-refractivity contribution in [1.29, 1.82) is 0 Å². The molecule has 6 nitrogen and oxygen atoms in total. The van der Waals surface area contributed by atoms with E-state index in [-0.39, 0.29) is 0 Å². The summed E-state index contributed by atoms with van der Waals surface area (Å²) in [5, 5.41) is 11.0. The third-order valence-corrected chi connectivity index (χ3v) is 3.60. The van der Waals surface area contributed by atoms with Crippen LogP contribution in [0, 0.1) is 6.92 Å². The highest BCUT2D eigenvalue weighted by Gasteiger charge is 2.20. The fraction of sp³-hybridized carbons (Fsp3) is 0.300. The Labute approximate surface area is 99.1 Å². The molecule has 2 N–H and O–H groups in total. The Morgan fingerprint density at radius 3 is 2.76 bits per heavy atom. The van der Waals surface area contributed by atoms with Gasteiger partial charge in [-0.15, -0.1) is 11.3 Å². The lowest BCUT2D eigenvalue weighted by Crippen LogP contribution is -2.39. The van der Waals surface area contributed by atoms with Crippen molar-refractivity contribution in [2.75, 3.05) is 0 Å². The average Bonchev–Trinajstić information content (AvgIpc) is 2.59. The van der Waals surface area contributed by atoms with Crippen LogP contribution < -0.4 is 11.2 Å². The standard InChI is InChI=1S/C10H10N2O4S/c1-4-3-17-7-6(4)8(13)12(10(16)11-7)5(2)9(14)15/h3,5H,1-2H3,(H,11,16)(H,14,15). The van der Waals surface area contributed by atoms with E-state index in [2.05, 4.69) is 4.98 Å². The second-order valence-corrected chi connectivity index (χ2v) is 4.62. The van der Waals surface area contributed by atoms with E-state index >= 15 is 0 Å². The first kappa shape index (κ1) is 11.6. The van der Waals surface area contributed by atoms with E-state index in [0.717, 1.165) is 10.1 Å². The minimum atomic E-state index is -1.22. The summed E-state index contributed by atoms with van der Waals surface area (Å²) in [5.74, 6) is -1.22. The molecule has 0 amide bonds. The summed E-state index contributed by atoms with van der Waals surface area (Å²) in [4.78, 5) is 37.6. The third-order valence-electron chi connectivity index (χ3n) is 2.59. The van der Waals surface area contributed by atoms with Crippen molar-refractivity contribution in [3.63, 3.8) is 0 Å². The number of aryl methyl sites for hydroxylation is 1. The Morgan fingerprint density at radius 1 is 1.53 bits per heavy atom. The summed E-state index contributed by atoms with van der Waals surface area (Å²) in [6, 6.07) is -1.19. The number of aliphatic carboxylic acids is 1. The van der Waals surface area contributed by atoms with Crippen LogP contribution in [0.4, 0.5) is 0 Å². The van der Waals surface area contributed by atoms with Crippen LogP contribution in [-0.2, 0) is 4.79 Å². The molecule has 0 aromatic carbocycles. The van der Waals surface area contributed by atoms with Gasteiger partial charge in [-0.05, 0) is 24.8 Å². The number of carboxylic acids is 1. The highest BCUT2D eigenvalue weighted by atomic mass is 32.1. The molecule has 0 saturated heterocycles. The van der Waals surface area contributed by atoms with Crippen LogP contribution in [0.5, 0.6) is 0 Å². The molecule has 0 fully saturated rings. The molecule has 0 saturated carbocycles. The predicted molar refractivity (Wildman–Crippen MR) is 63.8 cm³/mol. The zero-order valence-electron chi connectivity index (χ0n) is 9.18. The van der Waals surface area contributed by atoms with Gasteiger partial charge < -0.3 is 5.11 Å². The fourth-order valence-corrected chi connectivity index (χ4v) is 2.56. The molecule has 0 spiro atoms. The van der Waals surface area contributed by atoms with Crippen LogP contribution in [0.2, 0.25) is 0 Å². The first-order chi connectivity index (χ1) is 7.93. The summed E-state index contributed by atoms with van der Waals surface area (Å²) in [6.45, 7) is 3.04. The molecule has 0 bridgehead atoms. The SMILES string of the molecule is Cc1csc2[nH]c(=O)n(C(C)C(=O)O)c(=O)c12. The second kappa shape index (κ2) is 3.85. The molecule has 0 radical (unpaired) electrons. The number of nitrogens with one attached hydrogen (secondary N) is 1. The highest BCUT2D eigenvalue weighted by molar-refractivity contribution is 7.16. The highest BCUT2D eigenvalue weighted by Crippen LogP contribution is 2.18. The minimum Gasteiger partial charge on any atom is -0.480 e. The molecule has 1 unspecified atom stereocenters. The Bertz CT molecular complexity index is 709. The molecule has 90 valence electrons. The van der Waals surface area contributed by atoms with E-state index in [9.17, 15) is 14.4 Å². The van der Waals surface area contributed by atoms with Gasteiger partial charge in [-0.2, -0.15) is 0 Å². The molecule has 0 aliphatic carbocycles. The van der Waals surface area contributed by atoms with Crippen molar-refractivity contribution in [2.24, 2.45) is 0 Å². The van der Waals surface area contributed by atoms with Gasteiger partial charge in [0.15, 0.2) is 0 Å². The van der Waals surface area contributed by atoms with Gasteiger partial charge in [0.25, 0.3) is 5.56 Å². The fourth-order valence-electron chi connectivity index (χ4n) is 1.63. The first-order valence-corrected chi connectivity index (χ1v) is 5.77. The molecule has 0 aliphatic rings. The average molecular weight is 254 g/mol. The van der Waals surface area contributed by atoms with Gasteiger partial charge in [0.2, 0.25) is 0 Å². The Kier molecular flexibility index (Phi) is 2.62. The topological polar surface area (TPSA) is 92.2 Å². The lowest BCUT2D eigenvalue weighted by Gasteiger charge is -2.08. The second-order valence-electron chi connectivity index (χ2n) is 3.74. The molecule has 2 rings (SSSR count). The van der Waals surface area contributed by atoms with E-state index in [1.165, 1.54) is 18.3 Å². The summed E-state index contributed by atoms with van der Waals surface area (Å²) < 4.78 is 0.727. The number of H-pyrrole nitrogens is 1. The van der Waals surface area contributed by atoms with Gasteiger partial charge in [-0.25, -0.2) is 14.2 Å². The van der Waals surface area contributed by atoms with E-state index < -0.39 is 23.3 Å². The van der Waals surface area contributed by atoms with E-state index in [1.54, 1.807) is 12.3 Å². The number of aromatic amines is 1. The quantitative estimate of drug-likeness (QED) is 0.825. The molecule has 17 heavy (non-hydrogen) atoms. The largest absolute Gasteiger partial charge is 0.480 e. The zero-order valence-corrected chi connectivity index (χ0v) is 10.00. The van der Waals surface area contributed by atoms with E-state index in [0.29, 0.717) is 10.2 Å². The zero-order chi connectivity index (χ0) is 12.7. The summed E-state index contributed by atoms with van der Waals surface area (Å²) in [5.41, 5.74) is -0.519. The smallest absolute Gasteiger partial charge is 0.330 e. The van der Waals surface area contributed by atoms with Crippen LogP contribution in [0.1, 0.15) is 18.5 Å². The normalized spacial score (nSPS) is 12.8. The maximum Gasteiger partial charge on any atom is 0.330 e. The van der Waals surface area contributed by atoms with Crippen LogP contribution in [0.15, 0.2) is 15.0 Å². The molecule has 2 heterocycles. The number of thiophene rings is 1. The first-order valence-electron chi connectivity index (χ1n) is 4.89. The van der Waals surface area contributed by atoms with E-state index in [4.69, 9.17) is 5.11 Å². The Hall–Kier alpha value is -1.89. The molecule has 7 heteroatoms. The van der Waals surface area contributed by atoms with Gasteiger partial charge in [-0.3, -0.25) is 9.78 Å².